The number of phenolic OH excluding ortho intramolecular Hbond substituents is 1. The van der Waals surface area contributed by atoms with Crippen molar-refractivity contribution in [1.82, 2.24) is 14.8 Å². The maximum atomic E-state index is 12.6. The lowest BCUT2D eigenvalue weighted by Crippen LogP contribution is -2.34. The van der Waals surface area contributed by atoms with Gasteiger partial charge in [-0.2, -0.15) is 0 Å². The summed E-state index contributed by atoms with van der Waals surface area (Å²) in [6.45, 7) is 7.93. The number of aryl methyl sites for hydroxylation is 1. The number of phenols is 1. The molecule has 0 spiro atoms. The first-order valence-electron chi connectivity index (χ1n) is 14.5. The number of hydrogen-bond acceptors (Lipinski definition) is 7. The van der Waals surface area contributed by atoms with Crippen molar-refractivity contribution in [1.29, 1.82) is 0 Å². The number of nitrogens with one attached hydrogen (secondary N) is 2. The molecule has 0 saturated heterocycles. The lowest BCUT2D eigenvalue weighted by molar-refractivity contribution is 0.170. The summed E-state index contributed by atoms with van der Waals surface area (Å²) in [4.78, 5) is 15.1. The number of hydrogen-bond donors (Lipinski definition) is 4. The predicted molar refractivity (Wildman–Crippen MR) is 161 cm³/mol. The monoisotopic (exact) mass is 546 g/mol. The van der Waals surface area contributed by atoms with Crippen molar-refractivity contribution < 1.29 is 14.6 Å². The number of nitrogens with zero attached hydrogens (tertiary/aromatic N) is 2. The predicted octanol–water partition coefficient (Wildman–Crippen LogP) is 5.16. The molecule has 0 radical (unpaired) electrons. The molecule has 2 aromatic carbocycles. The van der Waals surface area contributed by atoms with Crippen LogP contribution in [0.1, 0.15) is 68.2 Å². The largest absolute Gasteiger partial charge is 0.506 e. The smallest absolute Gasteiger partial charge is 0.419 e. The highest BCUT2D eigenvalue weighted by Gasteiger charge is 2.21. The van der Waals surface area contributed by atoms with Gasteiger partial charge in [0.1, 0.15) is 5.75 Å². The van der Waals surface area contributed by atoms with Crippen LogP contribution in [0.3, 0.4) is 0 Å². The minimum absolute atomic E-state index is 0.0811. The molecule has 1 unspecified atom stereocenters. The Kier molecular flexibility index (Phi) is 8.78. The highest BCUT2D eigenvalue weighted by molar-refractivity contribution is 5.81. The molecule has 214 valence electrons. The van der Waals surface area contributed by atoms with E-state index in [2.05, 4.69) is 42.2 Å². The van der Waals surface area contributed by atoms with E-state index >= 15 is 0 Å². The molecular formula is C32H42N4O4. The van der Waals surface area contributed by atoms with Crippen LogP contribution in [-0.2, 0) is 13.0 Å². The molecule has 40 heavy (non-hydrogen) atoms. The normalized spacial score (nSPS) is 17.2. The summed E-state index contributed by atoms with van der Waals surface area (Å²) in [5, 5.41) is 27.6. The summed E-state index contributed by atoms with van der Waals surface area (Å²) >= 11 is 0. The van der Waals surface area contributed by atoms with Crippen molar-refractivity contribution in [3.63, 3.8) is 0 Å². The number of benzene rings is 2. The summed E-state index contributed by atoms with van der Waals surface area (Å²) in [7, 11) is 2.21. The Morgan fingerprint density at radius 1 is 1.20 bits per heavy atom. The molecule has 1 aliphatic heterocycles. The lowest BCUT2D eigenvalue weighted by atomic mass is 9.94. The summed E-state index contributed by atoms with van der Waals surface area (Å²) < 4.78 is 7.37. The van der Waals surface area contributed by atoms with Gasteiger partial charge in [0.2, 0.25) is 0 Å². The van der Waals surface area contributed by atoms with Gasteiger partial charge in [-0.15, -0.1) is 0 Å². The number of aromatic nitrogens is 1. The highest BCUT2D eigenvalue weighted by Crippen LogP contribution is 2.37. The number of allylic oxidation sites excluding steroid dienone is 1. The summed E-state index contributed by atoms with van der Waals surface area (Å²) in [5.41, 5.74) is 5.27. The molecule has 8 nitrogen and oxygen atoms in total. The number of aliphatic hydroxyl groups is 1. The van der Waals surface area contributed by atoms with E-state index in [0.29, 0.717) is 36.1 Å². The topological polar surface area (TPSA) is 103 Å². The van der Waals surface area contributed by atoms with Gasteiger partial charge in [-0.05, 0) is 81.6 Å². The van der Waals surface area contributed by atoms with Crippen molar-refractivity contribution >= 4 is 22.9 Å². The van der Waals surface area contributed by atoms with Crippen molar-refractivity contribution in [2.45, 2.75) is 76.6 Å². The SMILES string of the molecule is C=C1C=Cc2c([C@@H](O)CNC(C)Cc3ccc4c(c3)oc(=O)n4CCCN(C)C3CCCCC3)ccc(O)c2N1. The zero-order valence-corrected chi connectivity index (χ0v) is 23.7. The zero-order chi connectivity index (χ0) is 28.2. The van der Waals surface area contributed by atoms with Gasteiger partial charge < -0.3 is 30.2 Å². The fourth-order valence-corrected chi connectivity index (χ4v) is 6.09. The van der Waals surface area contributed by atoms with E-state index in [1.54, 1.807) is 16.7 Å². The van der Waals surface area contributed by atoms with Crippen molar-refractivity contribution in [2.24, 2.45) is 0 Å². The van der Waals surface area contributed by atoms with Gasteiger partial charge in [0, 0.05) is 36.4 Å². The summed E-state index contributed by atoms with van der Waals surface area (Å²) in [6.07, 6.45) is 11.1. The number of anilines is 1. The van der Waals surface area contributed by atoms with E-state index in [-0.39, 0.29) is 17.5 Å². The van der Waals surface area contributed by atoms with Gasteiger partial charge in [0.25, 0.3) is 0 Å². The average Bonchev–Trinajstić information content (AvgIpc) is 3.26. The second kappa shape index (κ2) is 12.5. The molecule has 2 aliphatic rings. The van der Waals surface area contributed by atoms with Crippen LogP contribution in [0.15, 0.2) is 57.9 Å². The lowest BCUT2D eigenvalue weighted by Gasteiger charge is -2.31. The minimum Gasteiger partial charge on any atom is -0.506 e. The van der Waals surface area contributed by atoms with E-state index in [4.69, 9.17) is 4.42 Å². The maximum absolute atomic E-state index is 12.6. The Labute approximate surface area is 236 Å². The van der Waals surface area contributed by atoms with Crippen LogP contribution >= 0.6 is 0 Å². The quantitative estimate of drug-likeness (QED) is 0.246. The van der Waals surface area contributed by atoms with Gasteiger partial charge in [-0.3, -0.25) is 4.57 Å². The Morgan fingerprint density at radius 2 is 2.00 bits per heavy atom. The molecule has 1 saturated carbocycles. The Balaban J connectivity index is 1.16. The molecule has 0 bridgehead atoms. The third-order valence-corrected chi connectivity index (χ3v) is 8.38. The minimum atomic E-state index is -0.749. The molecule has 4 N–H and O–H groups in total. The molecule has 2 heterocycles. The fourth-order valence-electron chi connectivity index (χ4n) is 6.09. The van der Waals surface area contributed by atoms with Crippen molar-refractivity contribution in [3.05, 3.63) is 75.9 Å². The van der Waals surface area contributed by atoms with Crippen LogP contribution in [0.25, 0.3) is 17.2 Å². The average molecular weight is 547 g/mol. The van der Waals surface area contributed by atoms with Crippen LogP contribution in [0, 0.1) is 0 Å². The van der Waals surface area contributed by atoms with E-state index in [0.717, 1.165) is 41.6 Å². The van der Waals surface area contributed by atoms with Crippen molar-refractivity contribution in [3.8, 4) is 5.75 Å². The van der Waals surface area contributed by atoms with E-state index in [9.17, 15) is 15.0 Å². The standard InChI is InChI=1S/C32H42N4O4/c1-21-10-12-26-25(13-15-28(37)31(26)34-21)29(38)20-33-22(2)18-23-11-14-27-30(19-23)40-32(39)36(27)17-7-16-35(3)24-8-5-4-6-9-24/h10-15,19,22,24,29,33-34,37-38H,1,4-9,16-18,20H2,2-3H3/t22?,29-/m0/s1. The Hall–Kier alpha value is -3.33. The second-order valence-electron chi connectivity index (χ2n) is 11.4. The number of fused-ring (bicyclic) bond motifs is 2. The van der Waals surface area contributed by atoms with E-state index < -0.39 is 6.10 Å². The van der Waals surface area contributed by atoms with Crippen LogP contribution in [0.2, 0.25) is 0 Å². The molecule has 1 aliphatic carbocycles. The molecule has 8 heteroatoms. The van der Waals surface area contributed by atoms with Gasteiger partial charge in [-0.1, -0.05) is 44.1 Å². The van der Waals surface area contributed by atoms with Crippen LogP contribution in [-0.4, -0.2) is 51.9 Å². The van der Waals surface area contributed by atoms with Gasteiger partial charge >= 0.3 is 5.76 Å². The zero-order valence-electron chi connectivity index (χ0n) is 23.7. The second-order valence-corrected chi connectivity index (χ2v) is 11.4. The Bertz CT molecular complexity index is 1430. The molecule has 0 amide bonds. The van der Waals surface area contributed by atoms with Gasteiger partial charge in [-0.25, -0.2) is 4.79 Å². The molecule has 1 fully saturated rings. The summed E-state index contributed by atoms with van der Waals surface area (Å²) in [5.74, 6) is -0.174. The van der Waals surface area contributed by atoms with Crippen LogP contribution in [0.4, 0.5) is 5.69 Å². The first-order valence-corrected chi connectivity index (χ1v) is 14.5. The number of aliphatic hydroxyl groups excluding tert-OH is 1. The molecule has 3 aromatic rings. The third-order valence-electron chi connectivity index (χ3n) is 8.38. The molecule has 1 aromatic heterocycles. The third kappa shape index (κ3) is 6.35. The number of aromatic hydroxyl groups is 1. The first kappa shape index (κ1) is 28.2. The first-order chi connectivity index (χ1) is 19.3. The molecule has 2 atom stereocenters. The van der Waals surface area contributed by atoms with Gasteiger partial charge in [0.15, 0.2) is 5.58 Å². The number of rotatable bonds is 11. The van der Waals surface area contributed by atoms with Crippen molar-refractivity contribution in [2.75, 3.05) is 25.5 Å². The van der Waals surface area contributed by atoms with Crippen LogP contribution < -0.4 is 16.4 Å². The van der Waals surface area contributed by atoms with Crippen LogP contribution in [0.5, 0.6) is 5.75 Å². The summed E-state index contributed by atoms with van der Waals surface area (Å²) in [6, 6.07) is 10.1. The van der Waals surface area contributed by atoms with Gasteiger partial charge in [0.05, 0.1) is 17.3 Å². The Morgan fingerprint density at radius 3 is 2.80 bits per heavy atom. The van der Waals surface area contributed by atoms with E-state index in [1.165, 1.54) is 32.1 Å². The van der Waals surface area contributed by atoms with E-state index in [1.807, 2.05) is 24.3 Å². The number of oxazole rings is 1. The molecular weight excluding hydrogens is 504 g/mol. The highest BCUT2D eigenvalue weighted by atomic mass is 16.4. The molecule has 5 rings (SSSR count). The fraction of sp³-hybridized carbons (Fsp3) is 0.469. The maximum Gasteiger partial charge on any atom is 0.419 e.